The summed E-state index contributed by atoms with van der Waals surface area (Å²) in [6.07, 6.45) is 7.44. The molecule has 1 aromatic carbocycles. The largest absolute Gasteiger partial charge is 0.348 e. The summed E-state index contributed by atoms with van der Waals surface area (Å²) in [6, 6.07) is 13.5. The first-order valence-corrected chi connectivity index (χ1v) is 8.82. The zero-order valence-electron chi connectivity index (χ0n) is 15.2. The highest BCUT2D eigenvalue weighted by atomic mass is 35.5. The van der Waals surface area contributed by atoms with E-state index in [9.17, 15) is 4.79 Å². The van der Waals surface area contributed by atoms with Crippen LogP contribution in [0.2, 0.25) is 0 Å². The Balaban J connectivity index is 0.00000140. The molecule has 8 heteroatoms. The predicted molar refractivity (Wildman–Crippen MR) is 114 cm³/mol. The molecule has 3 aromatic rings. The Kier molecular flexibility index (Phi) is 7.57. The van der Waals surface area contributed by atoms with E-state index in [4.69, 9.17) is 5.73 Å². The topological polar surface area (TPSA) is 85.8 Å². The number of hydrogen-bond donors (Lipinski definition) is 2. The number of nitrogens with one attached hydrogen (secondary N) is 1. The van der Waals surface area contributed by atoms with Crippen LogP contribution in [0.4, 0.5) is 0 Å². The number of pyridine rings is 1. The Morgan fingerprint density at radius 2 is 1.93 bits per heavy atom. The van der Waals surface area contributed by atoms with Gasteiger partial charge in [-0.25, -0.2) is 4.68 Å². The van der Waals surface area contributed by atoms with Crippen LogP contribution in [0.15, 0.2) is 61.1 Å². The third kappa shape index (κ3) is 4.70. The molecule has 0 radical (unpaired) electrons. The molecule has 28 heavy (non-hydrogen) atoms. The first-order chi connectivity index (χ1) is 12.8. The summed E-state index contributed by atoms with van der Waals surface area (Å²) in [5.74, 6) is 0.350. The van der Waals surface area contributed by atoms with Crippen LogP contribution >= 0.6 is 24.8 Å². The highest BCUT2D eigenvalue weighted by Gasteiger charge is 2.32. The van der Waals surface area contributed by atoms with Crippen molar-refractivity contribution in [2.45, 2.75) is 18.9 Å². The number of carbonyl (C=O) groups excluding carboxylic acids is 1. The van der Waals surface area contributed by atoms with E-state index in [-0.39, 0.29) is 36.8 Å². The minimum absolute atomic E-state index is 0. The number of hydrogen-bond acceptors (Lipinski definition) is 4. The molecule has 4 rings (SSSR count). The molecule has 148 valence electrons. The molecule has 3 N–H and O–H groups in total. The lowest BCUT2D eigenvalue weighted by Crippen LogP contribution is -2.41. The smallest absolute Gasteiger partial charge is 0.255 e. The summed E-state index contributed by atoms with van der Waals surface area (Å²) in [5, 5.41) is 7.73. The molecule has 1 unspecified atom stereocenters. The molecular weight excluding hydrogens is 397 g/mol. The molecule has 1 fully saturated rings. The molecule has 1 atom stereocenters. The van der Waals surface area contributed by atoms with Crippen LogP contribution in [0.3, 0.4) is 0 Å². The highest BCUT2D eigenvalue weighted by Crippen LogP contribution is 2.32. The lowest BCUT2D eigenvalue weighted by atomic mass is 10.1. The third-order valence-corrected chi connectivity index (χ3v) is 4.68. The number of benzene rings is 1. The SMILES string of the molecule is Cl.Cl.NCC(NC(=O)c1cn(-c2ccccc2)nc1-c1cccnc1)C1CC1. The van der Waals surface area contributed by atoms with Crippen molar-refractivity contribution >= 4 is 30.7 Å². The van der Waals surface area contributed by atoms with E-state index in [2.05, 4.69) is 15.4 Å². The number of para-hydroxylation sites is 1. The van der Waals surface area contributed by atoms with Gasteiger partial charge in [-0.15, -0.1) is 24.8 Å². The van der Waals surface area contributed by atoms with Crippen LogP contribution in [0, 0.1) is 5.92 Å². The number of aromatic nitrogens is 3. The fourth-order valence-corrected chi connectivity index (χ4v) is 3.08. The monoisotopic (exact) mass is 419 g/mol. The van der Waals surface area contributed by atoms with E-state index in [0.717, 1.165) is 24.1 Å². The summed E-state index contributed by atoms with van der Waals surface area (Å²) in [5.41, 5.74) is 8.69. The summed E-state index contributed by atoms with van der Waals surface area (Å²) in [4.78, 5) is 17.1. The summed E-state index contributed by atoms with van der Waals surface area (Å²) >= 11 is 0. The van der Waals surface area contributed by atoms with Gasteiger partial charge in [-0.1, -0.05) is 18.2 Å². The van der Waals surface area contributed by atoms with Gasteiger partial charge in [0.2, 0.25) is 0 Å². The van der Waals surface area contributed by atoms with Gasteiger partial charge < -0.3 is 11.1 Å². The zero-order chi connectivity index (χ0) is 17.9. The first kappa shape index (κ1) is 21.9. The van der Waals surface area contributed by atoms with E-state index in [1.807, 2.05) is 42.5 Å². The molecule has 0 saturated heterocycles. The second-order valence-electron chi connectivity index (χ2n) is 6.57. The first-order valence-electron chi connectivity index (χ1n) is 8.82. The number of amides is 1. The van der Waals surface area contributed by atoms with Gasteiger partial charge in [-0.3, -0.25) is 9.78 Å². The third-order valence-electron chi connectivity index (χ3n) is 4.68. The second-order valence-corrected chi connectivity index (χ2v) is 6.57. The predicted octanol–water partition coefficient (Wildman–Crippen LogP) is 3.25. The van der Waals surface area contributed by atoms with Crippen LogP contribution in [-0.2, 0) is 0 Å². The molecule has 0 spiro atoms. The Bertz CT molecular complexity index is 897. The van der Waals surface area contributed by atoms with Crippen molar-refractivity contribution in [3.63, 3.8) is 0 Å². The standard InChI is InChI=1S/C20H21N5O.2ClH/c21-11-18(14-8-9-14)23-20(26)17-13-25(16-6-2-1-3-7-16)24-19(17)15-5-4-10-22-12-15;;/h1-7,10,12-14,18H,8-9,11,21H2,(H,23,26);2*1H. The molecule has 2 heterocycles. The minimum Gasteiger partial charge on any atom is -0.348 e. The van der Waals surface area contributed by atoms with Crippen molar-refractivity contribution in [3.8, 4) is 16.9 Å². The van der Waals surface area contributed by atoms with Gasteiger partial charge in [0.15, 0.2) is 0 Å². The maximum atomic E-state index is 12.9. The van der Waals surface area contributed by atoms with Gasteiger partial charge in [-0.2, -0.15) is 5.10 Å². The fraction of sp³-hybridized carbons (Fsp3) is 0.250. The molecule has 0 aliphatic heterocycles. The number of carbonyl (C=O) groups is 1. The van der Waals surface area contributed by atoms with Gasteiger partial charge >= 0.3 is 0 Å². The molecule has 1 amide bonds. The molecule has 2 aromatic heterocycles. The minimum atomic E-state index is -0.145. The van der Waals surface area contributed by atoms with E-state index >= 15 is 0 Å². The lowest BCUT2D eigenvalue weighted by molar-refractivity contribution is 0.0934. The van der Waals surface area contributed by atoms with Crippen LogP contribution in [0.25, 0.3) is 16.9 Å². The summed E-state index contributed by atoms with van der Waals surface area (Å²) in [7, 11) is 0. The van der Waals surface area contributed by atoms with Gasteiger partial charge in [0.05, 0.1) is 11.3 Å². The average molecular weight is 420 g/mol. The number of nitrogens with two attached hydrogens (primary N) is 1. The molecule has 1 saturated carbocycles. The quantitative estimate of drug-likeness (QED) is 0.641. The Hall–Kier alpha value is -2.41. The van der Waals surface area contributed by atoms with Crippen molar-refractivity contribution < 1.29 is 4.79 Å². The van der Waals surface area contributed by atoms with Crippen molar-refractivity contribution in [2.75, 3.05) is 6.54 Å². The maximum absolute atomic E-state index is 12.9. The van der Waals surface area contributed by atoms with Crippen LogP contribution < -0.4 is 11.1 Å². The van der Waals surface area contributed by atoms with Crippen LogP contribution in [-0.4, -0.2) is 33.3 Å². The molecule has 1 aliphatic rings. The van der Waals surface area contributed by atoms with E-state index in [1.165, 1.54) is 0 Å². The fourth-order valence-electron chi connectivity index (χ4n) is 3.08. The van der Waals surface area contributed by atoms with E-state index in [1.54, 1.807) is 23.3 Å². The lowest BCUT2D eigenvalue weighted by Gasteiger charge is -2.15. The molecule has 0 bridgehead atoms. The molecule has 1 aliphatic carbocycles. The highest BCUT2D eigenvalue weighted by molar-refractivity contribution is 6.00. The van der Waals surface area contributed by atoms with Crippen molar-refractivity contribution in [3.05, 3.63) is 66.6 Å². The van der Waals surface area contributed by atoms with Crippen molar-refractivity contribution in [1.29, 1.82) is 0 Å². The average Bonchev–Trinajstić information content (AvgIpc) is 3.44. The molecular formula is C20H23Cl2N5O. The van der Waals surface area contributed by atoms with Crippen molar-refractivity contribution in [2.24, 2.45) is 11.7 Å². The Labute approximate surface area is 176 Å². The van der Waals surface area contributed by atoms with Gasteiger partial charge in [0.25, 0.3) is 5.91 Å². The van der Waals surface area contributed by atoms with E-state index in [0.29, 0.717) is 23.7 Å². The number of nitrogens with zero attached hydrogens (tertiary/aromatic N) is 3. The van der Waals surface area contributed by atoms with Gasteiger partial charge in [0, 0.05) is 36.7 Å². The van der Waals surface area contributed by atoms with Crippen molar-refractivity contribution in [1.82, 2.24) is 20.1 Å². The maximum Gasteiger partial charge on any atom is 0.255 e. The van der Waals surface area contributed by atoms with E-state index < -0.39 is 0 Å². The second kappa shape index (κ2) is 9.68. The normalized spacial score (nSPS) is 13.8. The van der Waals surface area contributed by atoms with Gasteiger partial charge in [0.1, 0.15) is 5.69 Å². The Morgan fingerprint density at radius 3 is 2.54 bits per heavy atom. The van der Waals surface area contributed by atoms with Crippen LogP contribution in [0.5, 0.6) is 0 Å². The summed E-state index contributed by atoms with van der Waals surface area (Å²) in [6.45, 7) is 0.450. The van der Waals surface area contributed by atoms with Crippen LogP contribution in [0.1, 0.15) is 23.2 Å². The van der Waals surface area contributed by atoms with Gasteiger partial charge in [-0.05, 0) is 43.0 Å². The zero-order valence-corrected chi connectivity index (χ0v) is 16.8. The number of halogens is 2. The Morgan fingerprint density at radius 1 is 1.18 bits per heavy atom. The molecule has 6 nitrogen and oxygen atoms in total. The summed E-state index contributed by atoms with van der Waals surface area (Å²) < 4.78 is 1.73. The number of rotatable bonds is 6.